The summed E-state index contributed by atoms with van der Waals surface area (Å²) in [5, 5.41) is 0. The Bertz CT molecular complexity index is 684. The molecule has 3 rings (SSSR count). The summed E-state index contributed by atoms with van der Waals surface area (Å²) >= 11 is 6.36. The number of hydrogen-bond acceptors (Lipinski definition) is 2. The van der Waals surface area contributed by atoms with E-state index in [2.05, 4.69) is 4.99 Å². The van der Waals surface area contributed by atoms with Crippen LogP contribution < -0.4 is 0 Å². The lowest BCUT2D eigenvalue weighted by Gasteiger charge is -2.19. The molecule has 21 heavy (non-hydrogen) atoms. The zero-order chi connectivity index (χ0) is 14.9. The maximum absolute atomic E-state index is 12.5. The molecule has 2 aromatic rings. The molecule has 1 aliphatic rings. The van der Waals surface area contributed by atoms with Crippen LogP contribution in [0.25, 0.3) is 0 Å². The maximum Gasteiger partial charge on any atom is 0.272 e. The van der Waals surface area contributed by atoms with Crippen molar-refractivity contribution in [1.82, 2.24) is 4.90 Å². The van der Waals surface area contributed by atoms with Crippen molar-refractivity contribution in [1.29, 1.82) is 0 Å². The monoisotopic (exact) mass is 298 g/mol. The number of carbonyl (C=O) groups excluding carboxylic acids is 1. The van der Waals surface area contributed by atoms with Crippen LogP contribution in [-0.4, -0.2) is 28.6 Å². The van der Waals surface area contributed by atoms with Crippen LogP contribution in [0.3, 0.4) is 0 Å². The number of aliphatic imine (C=N–C) groups is 1. The molecule has 0 spiro atoms. The summed E-state index contributed by atoms with van der Waals surface area (Å²) in [4.78, 5) is 17.1. The van der Waals surface area contributed by atoms with Crippen LogP contribution in [0, 0.1) is 0 Å². The first-order chi connectivity index (χ1) is 10.1. The molecule has 1 unspecified atom stereocenters. The lowest BCUT2D eigenvalue weighted by atomic mass is 10.1. The Balaban J connectivity index is 1.69. The van der Waals surface area contributed by atoms with Crippen molar-refractivity contribution < 1.29 is 4.79 Å². The molecule has 0 N–H and O–H groups in total. The molecule has 3 nitrogen and oxygen atoms in total. The summed E-state index contributed by atoms with van der Waals surface area (Å²) in [5.74, 6) is -0.188. The van der Waals surface area contributed by atoms with E-state index in [9.17, 15) is 4.79 Å². The van der Waals surface area contributed by atoms with Crippen LogP contribution in [-0.2, 0) is 11.3 Å². The summed E-state index contributed by atoms with van der Waals surface area (Å²) in [7, 11) is 1.75. The summed E-state index contributed by atoms with van der Waals surface area (Å²) in [6, 6.07) is 19.4. The molecule has 0 saturated carbocycles. The third kappa shape index (κ3) is 2.69. The fourth-order valence-corrected chi connectivity index (χ4v) is 2.65. The second kappa shape index (κ2) is 5.34. The highest BCUT2D eigenvalue weighted by molar-refractivity contribution is 6.55. The van der Waals surface area contributed by atoms with E-state index >= 15 is 0 Å². The smallest absolute Gasteiger partial charge is 0.272 e. The van der Waals surface area contributed by atoms with Crippen molar-refractivity contribution in [3.8, 4) is 0 Å². The molecule has 0 bridgehead atoms. The zero-order valence-electron chi connectivity index (χ0n) is 11.7. The van der Waals surface area contributed by atoms with Gasteiger partial charge in [-0.15, -0.1) is 0 Å². The number of amides is 1. The van der Waals surface area contributed by atoms with Crippen molar-refractivity contribution in [2.24, 2.45) is 4.99 Å². The van der Waals surface area contributed by atoms with Crippen molar-refractivity contribution in [2.75, 3.05) is 7.05 Å². The van der Waals surface area contributed by atoms with Crippen LogP contribution in [0.2, 0.25) is 0 Å². The van der Waals surface area contributed by atoms with E-state index in [4.69, 9.17) is 11.6 Å². The number of benzene rings is 2. The average molecular weight is 299 g/mol. The number of carbonyl (C=O) groups is 1. The second-order valence-electron chi connectivity index (χ2n) is 5.10. The average Bonchev–Trinajstić information content (AvgIpc) is 3.22. The van der Waals surface area contributed by atoms with Crippen molar-refractivity contribution in [3.63, 3.8) is 0 Å². The van der Waals surface area contributed by atoms with E-state index in [1.807, 2.05) is 60.7 Å². The van der Waals surface area contributed by atoms with Gasteiger partial charge in [0.05, 0.1) is 5.71 Å². The molecule has 0 aromatic heterocycles. The van der Waals surface area contributed by atoms with Gasteiger partial charge in [-0.1, -0.05) is 72.3 Å². The third-order valence-corrected chi connectivity index (χ3v) is 3.89. The minimum atomic E-state index is -1.22. The van der Waals surface area contributed by atoms with E-state index in [-0.39, 0.29) is 5.91 Å². The lowest BCUT2D eigenvalue weighted by Crippen LogP contribution is -2.38. The molecule has 0 saturated heterocycles. The number of nitrogens with zero attached hydrogens (tertiary/aromatic N) is 2. The number of hydrogen-bond donors (Lipinski definition) is 0. The Morgan fingerprint density at radius 3 is 2.29 bits per heavy atom. The fraction of sp³-hybridized carbons (Fsp3) is 0.176. The Kier molecular flexibility index (Phi) is 3.52. The van der Waals surface area contributed by atoms with Crippen LogP contribution in [0.15, 0.2) is 65.7 Å². The van der Waals surface area contributed by atoms with Gasteiger partial charge in [0, 0.05) is 13.6 Å². The Labute approximate surface area is 128 Å². The van der Waals surface area contributed by atoms with Gasteiger partial charge in [0.2, 0.25) is 0 Å². The van der Waals surface area contributed by atoms with Crippen LogP contribution >= 0.6 is 11.6 Å². The van der Waals surface area contributed by atoms with Gasteiger partial charge in [0.15, 0.2) is 0 Å². The first-order valence-corrected chi connectivity index (χ1v) is 7.13. The molecule has 0 aliphatic carbocycles. The SMILES string of the molecule is CN(Cc1ccccc1)C(=O)C1(Cl)N=C1c1ccccc1. The molecule has 2 aromatic carbocycles. The van der Waals surface area contributed by atoms with Gasteiger partial charge in [-0.2, -0.15) is 0 Å². The molecule has 1 aliphatic heterocycles. The third-order valence-electron chi connectivity index (χ3n) is 3.47. The highest BCUT2D eigenvalue weighted by atomic mass is 35.5. The number of alkyl halides is 1. The summed E-state index contributed by atoms with van der Waals surface area (Å²) in [6.45, 7) is 0.520. The van der Waals surface area contributed by atoms with Gasteiger partial charge < -0.3 is 4.90 Å². The Morgan fingerprint density at radius 1 is 1.10 bits per heavy atom. The molecule has 1 atom stereocenters. The first-order valence-electron chi connectivity index (χ1n) is 6.75. The maximum atomic E-state index is 12.5. The predicted molar refractivity (Wildman–Crippen MR) is 84.5 cm³/mol. The van der Waals surface area contributed by atoms with E-state index in [1.165, 1.54) is 0 Å². The molecular formula is C17H15ClN2O. The molecule has 1 amide bonds. The summed E-state index contributed by atoms with van der Waals surface area (Å²) in [6.07, 6.45) is 0. The molecule has 0 radical (unpaired) electrons. The highest BCUT2D eigenvalue weighted by Gasteiger charge is 2.54. The van der Waals surface area contributed by atoms with E-state index in [0.717, 1.165) is 11.1 Å². The number of halogens is 1. The second-order valence-corrected chi connectivity index (χ2v) is 5.64. The van der Waals surface area contributed by atoms with Gasteiger partial charge >= 0.3 is 0 Å². The molecule has 1 heterocycles. The largest absolute Gasteiger partial charge is 0.338 e. The van der Waals surface area contributed by atoms with Crippen LogP contribution in [0.1, 0.15) is 11.1 Å². The van der Waals surface area contributed by atoms with Crippen molar-refractivity contribution in [3.05, 3.63) is 71.8 Å². The molecular weight excluding hydrogens is 284 g/mol. The van der Waals surface area contributed by atoms with E-state index in [1.54, 1.807) is 11.9 Å². The van der Waals surface area contributed by atoms with Crippen molar-refractivity contribution in [2.45, 2.75) is 11.5 Å². The number of rotatable bonds is 4. The minimum absolute atomic E-state index is 0.188. The molecule has 106 valence electrons. The normalized spacial score (nSPS) is 19.8. The first kappa shape index (κ1) is 13.8. The Hall–Kier alpha value is -2.13. The topological polar surface area (TPSA) is 32.7 Å². The molecule has 0 fully saturated rings. The van der Waals surface area contributed by atoms with Gasteiger partial charge in [0.1, 0.15) is 0 Å². The van der Waals surface area contributed by atoms with Gasteiger partial charge in [-0.05, 0) is 11.1 Å². The van der Waals surface area contributed by atoms with Crippen LogP contribution in [0.5, 0.6) is 0 Å². The fourth-order valence-electron chi connectivity index (χ4n) is 2.31. The van der Waals surface area contributed by atoms with Crippen molar-refractivity contribution >= 4 is 23.2 Å². The van der Waals surface area contributed by atoms with Gasteiger partial charge in [-0.25, -0.2) is 4.99 Å². The predicted octanol–water partition coefficient (Wildman–Crippen LogP) is 3.08. The molecule has 4 heteroatoms. The summed E-state index contributed by atoms with van der Waals surface area (Å²) < 4.78 is 0. The van der Waals surface area contributed by atoms with E-state index < -0.39 is 5.00 Å². The highest BCUT2D eigenvalue weighted by Crippen LogP contribution is 2.38. The Morgan fingerprint density at radius 2 is 1.67 bits per heavy atom. The zero-order valence-corrected chi connectivity index (χ0v) is 12.4. The van der Waals surface area contributed by atoms with Gasteiger partial charge in [0.25, 0.3) is 10.9 Å². The quantitative estimate of drug-likeness (QED) is 0.631. The van der Waals surface area contributed by atoms with E-state index in [0.29, 0.717) is 12.3 Å². The standard InChI is InChI=1S/C17H15ClN2O/c1-20(12-13-8-4-2-5-9-13)16(21)17(18)15(19-17)14-10-6-3-7-11-14/h2-11H,12H2,1H3. The number of likely N-dealkylation sites (N-methyl/N-ethyl adjacent to an activating group) is 1. The lowest BCUT2D eigenvalue weighted by molar-refractivity contribution is -0.130. The minimum Gasteiger partial charge on any atom is -0.338 e. The van der Waals surface area contributed by atoms with Gasteiger partial charge in [-0.3, -0.25) is 4.79 Å². The van der Waals surface area contributed by atoms with Crippen LogP contribution in [0.4, 0.5) is 0 Å². The summed E-state index contributed by atoms with van der Waals surface area (Å²) in [5.41, 5.74) is 2.61.